The second-order valence-electron chi connectivity index (χ2n) is 4.43. The molecule has 1 aromatic heterocycles. The van der Waals surface area contributed by atoms with Crippen LogP contribution in [0.15, 0.2) is 18.5 Å². The summed E-state index contributed by atoms with van der Waals surface area (Å²) in [4.78, 5) is 20.3. The monoisotopic (exact) mass is 280 g/mol. The summed E-state index contributed by atoms with van der Waals surface area (Å²) in [5.74, 6) is -0.257. The van der Waals surface area contributed by atoms with Gasteiger partial charge in [-0.05, 0) is 6.07 Å². The van der Waals surface area contributed by atoms with Crippen molar-refractivity contribution in [1.29, 1.82) is 0 Å². The standard InChI is InChI=1S/C12H16N4O2S/c13-11(19)8-15-3-5-16(6-4-15)12(18)9-1-2-14-7-10(9)17/h1-2,7,17H,3-6,8H2,(H2,13,19). The van der Waals surface area contributed by atoms with E-state index >= 15 is 0 Å². The van der Waals surface area contributed by atoms with Gasteiger partial charge >= 0.3 is 0 Å². The summed E-state index contributed by atoms with van der Waals surface area (Å²) in [6, 6.07) is 1.53. The first-order valence-corrected chi connectivity index (χ1v) is 6.41. The first-order valence-electron chi connectivity index (χ1n) is 6.01. The van der Waals surface area contributed by atoms with Crippen molar-refractivity contribution in [2.45, 2.75) is 0 Å². The van der Waals surface area contributed by atoms with E-state index in [4.69, 9.17) is 18.0 Å². The van der Waals surface area contributed by atoms with Crippen molar-refractivity contribution in [3.8, 4) is 5.75 Å². The summed E-state index contributed by atoms with van der Waals surface area (Å²) in [6.45, 7) is 3.24. The Morgan fingerprint density at radius 3 is 2.68 bits per heavy atom. The highest BCUT2D eigenvalue weighted by Gasteiger charge is 2.23. The Morgan fingerprint density at radius 1 is 1.42 bits per heavy atom. The summed E-state index contributed by atoms with van der Waals surface area (Å²) in [7, 11) is 0. The maximum atomic E-state index is 12.2. The fourth-order valence-electron chi connectivity index (χ4n) is 2.07. The van der Waals surface area contributed by atoms with Crippen LogP contribution in [0.4, 0.5) is 0 Å². The maximum absolute atomic E-state index is 12.2. The van der Waals surface area contributed by atoms with Crippen molar-refractivity contribution in [2.24, 2.45) is 5.73 Å². The molecule has 7 heteroatoms. The smallest absolute Gasteiger partial charge is 0.257 e. The van der Waals surface area contributed by atoms with E-state index in [1.165, 1.54) is 18.5 Å². The average molecular weight is 280 g/mol. The first kappa shape index (κ1) is 13.7. The van der Waals surface area contributed by atoms with Gasteiger partial charge in [-0.25, -0.2) is 0 Å². The van der Waals surface area contributed by atoms with Gasteiger partial charge in [-0.1, -0.05) is 12.2 Å². The molecule has 0 bridgehead atoms. The number of amides is 1. The molecule has 0 aliphatic carbocycles. The van der Waals surface area contributed by atoms with Gasteiger partial charge in [0.05, 0.1) is 16.7 Å². The molecule has 2 rings (SSSR count). The minimum absolute atomic E-state index is 0.0851. The summed E-state index contributed by atoms with van der Waals surface area (Å²) < 4.78 is 0. The molecule has 1 aliphatic heterocycles. The Balaban J connectivity index is 1.96. The second-order valence-corrected chi connectivity index (χ2v) is 4.95. The lowest BCUT2D eigenvalue weighted by Crippen LogP contribution is -2.50. The molecule has 0 atom stereocenters. The number of nitrogens with zero attached hydrogens (tertiary/aromatic N) is 3. The molecule has 0 spiro atoms. The fourth-order valence-corrected chi connectivity index (χ4v) is 2.25. The van der Waals surface area contributed by atoms with E-state index in [1.807, 2.05) is 0 Å². The number of hydrogen-bond acceptors (Lipinski definition) is 5. The number of carbonyl (C=O) groups excluding carboxylic acids is 1. The predicted octanol–water partition coefficient (Wildman–Crippen LogP) is -0.169. The summed E-state index contributed by atoms with van der Waals surface area (Å²) in [5.41, 5.74) is 5.79. The summed E-state index contributed by atoms with van der Waals surface area (Å²) in [6.07, 6.45) is 2.77. The Morgan fingerprint density at radius 2 is 2.11 bits per heavy atom. The number of aromatic hydroxyl groups is 1. The molecule has 0 aromatic carbocycles. The Kier molecular flexibility index (Phi) is 4.28. The Hall–Kier alpha value is -1.73. The van der Waals surface area contributed by atoms with Crippen LogP contribution in [-0.2, 0) is 0 Å². The van der Waals surface area contributed by atoms with E-state index in [9.17, 15) is 9.90 Å². The number of piperazine rings is 1. The third kappa shape index (κ3) is 3.39. The quantitative estimate of drug-likeness (QED) is 0.748. The molecule has 1 saturated heterocycles. The molecule has 0 radical (unpaired) electrons. The van der Waals surface area contributed by atoms with Crippen LogP contribution in [0.3, 0.4) is 0 Å². The van der Waals surface area contributed by atoms with Gasteiger partial charge in [-0.3, -0.25) is 14.7 Å². The van der Waals surface area contributed by atoms with Crippen LogP contribution in [0.1, 0.15) is 10.4 Å². The lowest BCUT2D eigenvalue weighted by molar-refractivity contribution is 0.0651. The highest BCUT2D eigenvalue weighted by atomic mass is 32.1. The number of carbonyl (C=O) groups is 1. The van der Waals surface area contributed by atoms with Gasteiger partial charge in [0.25, 0.3) is 5.91 Å². The highest BCUT2D eigenvalue weighted by Crippen LogP contribution is 2.17. The molecule has 3 N–H and O–H groups in total. The zero-order valence-electron chi connectivity index (χ0n) is 10.5. The Bertz CT molecular complexity index is 486. The minimum atomic E-state index is -0.171. The van der Waals surface area contributed by atoms with Crippen LogP contribution in [-0.4, -0.2) is 63.5 Å². The van der Waals surface area contributed by atoms with Crippen LogP contribution < -0.4 is 5.73 Å². The van der Waals surface area contributed by atoms with Crippen LogP contribution in [0, 0.1) is 0 Å². The number of hydrogen-bond donors (Lipinski definition) is 2. The number of nitrogens with two attached hydrogens (primary N) is 1. The molecule has 0 unspecified atom stereocenters. The van der Waals surface area contributed by atoms with Crippen LogP contribution in [0.25, 0.3) is 0 Å². The molecule has 6 nitrogen and oxygen atoms in total. The Labute approximate surface area is 116 Å². The number of thiocarbonyl (C=S) groups is 1. The van der Waals surface area contributed by atoms with Crippen molar-refractivity contribution in [1.82, 2.24) is 14.8 Å². The molecule has 0 saturated carbocycles. The predicted molar refractivity (Wildman–Crippen MR) is 75.0 cm³/mol. The van der Waals surface area contributed by atoms with E-state index in [-0.39, 0.29) is 17.2 Å². The van der Waals surface area contributed by atoms with Gasteiger partial charge in [0, 0.05) is 38.9 Å². The largest absolute Gasteiger partial charge is 0.505 e. The van der Waals surface area contributed by atoms with Gasteiger partial charge in [0.1, 0.15) is 5.75 Å². The third-order valence-corrected chi connectivity index (χ3v) is 3.20. The normalized spacial score (nSPS) is 16.3. The highest BCUT2D eigenvalue weighted by molar-refractivity contribution is 7.80. The molecule has 2 heterocycles. The maximum Gasteiger partial charge on any atom is 0.257 e. The summed E-state index contributed by atoms with van der Waals surface area (Å²) in [5, 5.41) is 9.63. The molecule has 19 heavy (non-hydrogen) atoms. The minimum Gasteiger partial charge on any atom is -0.505 e. The van der Waals surface area contributed by atoms with Gasteiger partial charge < -0.3 is 15.7 Å². The lowest BCUT2D eigenvalue weighted by atomic mass is 10.2. The topological polar surface area (TPSA) is 82.7 Å². The molecular weight excluding hydrogens is 264 g/mol. The third-order valence-electron chi connectivity index (χ3n) is 3.07. The van der Waals surface area contributed by atoms with Crippen LogP contribution >= 0.6 is 12.2 Å². The molecular formula is C12H16N4O2S. The number of aromatic nitrogens is 1. The van der Waals surface area contributed by atoms with Gasteiger partial charge in [-0.2, -0.15) is 0 Å². The number of pyridine rings is 1. The van der Waals surface area contributed by atoms with E-state index < -0.39 is 0 Å². The summed E-state index contributed by atoms with van der Waals surface area (Å²) >= 11 is 4.87. The van der Waals surface area contributed by atoms with E-state index in [2.05, 4.69) is 9.88 Å². The van der Waals surface area contributed by atoms with Gasteiger partial charge in [0.2, 0.25) is 0 Å². The van der Waals surface area contributed by atoms with Crippen molar-refractivity contribution in [3.05, 3.63) is 24.0 Å². The molecule has 102 valence electrons. The average Bonchev–Trinajstić information content (AvgIpc) is 2.39. The van der Waals surface area contributed by atoms with E-state index in [1.54, 1.807) is 4.90 Å². The second kappa shape index (κ2) is 5.94. The molecule has 1 amide bonds. The van der Waals surface area contributed by atoms with Crippen molar-refractivity contribution >= 4 is 23.1 Å². The van der Waals surface area contributed by atoms with E-state index in [0.717, 1.165) is 13.1 Å². The molecule has 1 fully saturated rings. The lowest BCUT2D eigenvalue weighted by Gasteiger charge is -2.34. The van der Waals surface area contributed by atoms with Crippen LogP contribution in [0.5, 0.6) is 5.75 Å². The van der Waals surface area contributed by atoms with Crippen molar-refractivity contribution in [2.75, 3.05) is 32.7 Å². The van der Waals surface area contributed by atoms with Crippen molar-refractivity contribution < 1.29 is 9.90 Å². The zero-order chi connectivity index (χ0) is 13.8. The van der Waals surface area contributed by atoms with Crippen LogP contribution in [0.2, 0.25) is 0 Å². The fraction of sp³-hybridized carbons (Fsp3) is 0.417. The molecule has 1 aromatic rings. The van der Waals surface area contributed by atoms with Gasteiger partial charge in [-0.15, -0.1) is 0 Å². The zero-order valence-corrected chi connectivity index (χ0v) is 11.3. The SMILES string of the molecule is NC(=S)CN1CCN(C(=O)c2ccncc2O)CC1. The number of rotatable bonds is 3. The van der Waals surface area contributed by atoms with E-state index in [0.29, 0.717) is 24.6 Å². The van der Waals surface area contributed by atoms with Crippen molar-refractivity contribution in [3.63, 3.8) is 0 Å². The first-order chi connectivity index (χ1) is 9.08. The molecule has 1 aliphatic rings. The van der Waals surface area contributed by atoms with Gasteiger partial charge in [0.15, 0.2) is 0 Å².